The number of halogens is 5. The smallest absolute Gasteiger partial charge is 0.387 e. The minimum Gasteiger partial charge on any atom is -0.432 e. The Labute approximate surface area is 135 Å². The summed E-state index contributed by atoms with van der Waals surface area (Å²) in [6, 6.07) is 2.43. The number of ether oxygens (including phenoxy) is 1. The molecule has 0 aliphatic heterocycles. The Balaban J connectivity index is 2.20. The average Bonchev–Trinajstić information content (AvgIpc) is 2.80. The van der Waals surface area contributed by atoms with Crippen molar-refractivity contribution in [3.63, 3.8) is 0 Å². The Morgan fingerprint density at radius 1 is 1.24 bits per heavy atom. The zero-order chi connectivity index (χ0) is 15.6. The Hall–Kier alpha value is -1.22. The molecule has 112 valence electrons. The van der Waals surface area contributed by atoms with Gasteiger partial charge in [-0.15, -0.1) is 10.2 Å². The van der Waals surface area contributed by atoms with Crippen molar-refractivity contribution in [1.29, 1.82) is 0 Å². The molecule has 0 fully saturated rings. The zero-order valence-corrected chi connectivity index (χ0v) is 12.8. The van der Waals surface area contributed by atoms with Gasteiger partial charge in [-0.25, -0.2) is 0 Å². The number of hydrogen-bond donors (Lipinski definition) is 1. The van der Waals surface area contributed by atoms with Crippen LogP contribution in [0.25, 0.3) is 0 Å². The second-order valence-corrected chi connectivity index (χ2v) is 5.84. The van der Waals surface area contributed by atoms with Gasteiger partial charge in [0.05, 0.1) is 10.0 Å². The summed E-state index contributed by atoms with van der Waals surface area (Å²) in [5, 5.41) is 9.14. The van der Waals surface area contributed by atoms with E-state index in [2.05, 4.69) is 20.3 Å². The fourth-order valence-electron chi connectivity index (χ4n) is 1.32. The van der Waals surface area contributed by atoms with Crippen molar-refractivity contribution in [2.75, 3.05) is 5.32 Å². The maximum Gasteiger partial charge on any atom is 0.387 e. The number of nitrogens with one attached hydrogen (secondary N) is 1. The number of nitrogens with zero attached hydrogens (tertiary/aromatic N) is 2. The summed E-state index contributed by atoms with van der Waals surface area (Å²) in [7, 11) is 0. The van der Waals surface area contributed by atoms with Gasteiger partial charge in [0.2, 0.25) is 9.47 Å². The minimum atomic E-state index is -3.07. The normalized spacial score (nSPS) is 10.8. The molecule has 0 aliphatic carbocycles. The van der Waals surface area contributed by atoms with Crippen LogP contribution in [0.1, 0.15) is 9.80 Å². The van der Waals surface area contributed by atoms with Crippen molar-refractivity contribution in [2.45, 2.75) is 6.61 Å². The van der Waals surface area contributed by atoms with E-state index in [1.54, 1.807) is 0 Å². The van der Waals surface area contributed by atoms with Gasteiger partial charge < -0.3 is 10.1 Å². The Bertz CT molecular complexity index is 660. The van der Waals surface area contributed by atoms with Gasteiger partial charge >= 0.3 is 6.61 Å². The van der Waals surface area contributed by atoms with Gasteiger partial charge in [-0.05, 0) is 23.7 Å². The maximum atomic E-state index is 12.2. The number of alkyl halides is 2. The second kappa shape index (κ2) is 6.69. The van der Waals surface area contributed by atoms with Crippen molar-refractivity contribution in [3.8, 4) is 5.75 Å². The van der Waals surface area contributed by atoms with E-state index in [1.807, 2.05) is 0 Å². The number of benzene rings is 1. The van der Waals surface area contributed by atoms with Crippen LogP contribution in [0.3, 0.4) is 0 Å². The molecule has 0 unspecified atom stereocenters. The highest BCUT2D eigenvalue weighted by Gasteiger charge is 2.17. The molecule has 0 saturated heterocycles. The van der Waals surface area contributed by atoms with Gasteiger partial charge in [0, 0.05) is 5.69 Å². The van der Waals surface area contributed by atoms with E-state index in [0.717, 1.165) is 11.3 Å². The summed E-state index contributed by atoms with van der Waals surface area (Å²) in [4.78, 5) is 11.8. The van der Waals surface area contributed by atoms with E-state index in [0.29, 0.717) is 0 Å². The zero-order valence-electron chi connectivity index (χ0n) is 9.74. The number of rotatable bonds is 4. The number of anilines is 1. The molecule has 21 heavy (non-hydrogen) atoms. The third-order valence-electron chi connectivity index (χ3n) is 2.06. The van der Waals surface area contributed by atoms with Crippen LogP contribution in [0, 0.1) is 0 Å². The molecule has 1 aromatic carbocycles. The van der Waals surface area contributed by atoms with Crippen LogP contribution >= 0.6 is 46.1 Å². The molecule has 1 aromatic heterocycles. The lowest BCUT2D eigenvalue weighted by Gasteiger charge is -2.11. The van der Waals surface area contributed by atoms with Gasteiger partial charge in [-0.2, -0.15) is 8.78 Å². The highest BCUT2D eigenvalue weighted by molar-refractivity contribution is 7.17. The molecule has 0 saturated carbocycles. The molecule has 0 spiro atoms. The number of hydrogen-bond acceptors (Lipinski definition) is 5. The summed E-state index contributed by atoms with van der Waals surface area (Å²) in [5.74, 6) is -0.959. The summed E-state index contributed by atoms with van der Waals surface area (Å²) < 4.78 is 28.6. The van der Waals surface area contributed by atoms with E-state index >= 15 is 0 Å². The maximum absolute atomic E-state index is 12.2. The summed E-state index contributed by atoms with van der Waals surface area (Å²) in [5.41, 5.74) is 0.183. The summed E-state index contributed by atoms with van der Waals surface area (Å²) in [6.07, 6.45) is 0. The van der Waals surface area contributed by atoms with Crippen LogP contribution < -0.4 is 10.1 Å². The van der Waals surface area contributed by atoms with Crippen molar-refractivity contribution in [2.24, 2.45) is 0 Å². The van der Waals surface area contributed by atoms with Crippen LogP contribution in [-0.4, -0.2) is 22.7 Å². The molecule has 0 aliphatic rings. The Kier molecular flexibility index (Phi) is 5.15. The highest BCUT2D eigenvalue weighted by Crippen LogP contribution is 2.37. The van der Waals surface area contributed by atoms with Gasteiger partial charge in [-0.3, -0.25) is 4.79 Å². The van der Waals surface area contributed by atoms with Crippen LogP contribution in [-0.2, 0) is 0 Å². The number of carbonyl (C=O) groups is 1. The topological polar surface area (TPSA) is 64.1 Å². The molecule has 2 rings (SSSR count). The first-order valence-corrected chi connectivity index (χ1v) is 7.06. The van der Waals surface area contributed by atoms with Gasteiger partial charge in [0.25, 0.3) is 5.91 Å². The Morgan fingerprint density at radius 3 is 2.33 bits per heavy atom. The standard InChI is InChI=1S/C10H4Cl3F2N3O2S/c11-4-1-3(2-5(12)6(4)20-10(14)15)16-7(19)8-17-18-9(13)21-8/h1-2,10H,(H,16,19). The van der Waals surface area contributed by atoms with E-state index < -0.39 is 12.5 Å². The fourth-order valence-corrected chi connectivity index (χ4v) is 2.62. The fraction of sp³-hybridized carbons (Fsp3) is 0.100. The van der Waals surface area contributed by atoms with Gasteiger partial charge in [0.1, 0.15) is 0 Å². The SMILES string of the molecule is O=C(Nc1cc(Cl)c(OC(F)F)c(Cl)c1)c1nnc(Cl)s1. The summed E-state index contributed by atoms with van der Waals surface area (Å²) >= 11 is 18.0. The van der Waals surface area contributed by atoms with Crippen LogP contribution in [0.2, 0.25) is 14.5 Å². The molecule has 1 N–H and O–H groups in total. The van der Waals surface area contributed by atoms with E-state index in [4.69, 9.17) is 34.8 Å². The predicted molar refractivity (Wildman–Crippen MR) is 76.0 cm³/mol. The second-order valence-electron chi connectivity index (χ2n) is 3.46. The number of amides is 1. The van der Waals surface area contributed by atoms with Crippen molar-refractivity contribution in [3.05, 3.63) is 31.7 Å². The number of carbonyl (C=O) groups excluding carboxylic acids is 1. The highest BCUT2D eigenvalue weighted by atomic mass is 35.5. The monoisotopic (exact) mass is 373 g/mol. The quantitative estimate of drug-likeness (QED) is 0.864. The van der Waals surface area contributed by atoms with E-state index in [9.17, 15) is 13.6 Å². The first-order chi connectivity index (χ1) is 9.86. The molecule has 0 radical (unpaired) electrons. The lowest BCUT2D eigenvalue weighted by Crippen LogP contribution is -2.12. The lowest BCUT2D eigenvalue weighted by molar-refractivity contribution is -0.0497. The van der Waals surface area contributed by atoms with Crippen molar-refractivity contribution in [1.82, 2.24) is 10.2 Å². The molecule has 1 amide bonds. The van der Waals surface area contributed by atoms with E-state index in [-0.39, 0.29) is 31.0 Å². The summed E-state index contributed by atoms with van der Waals surface area (Å²) in [6.45, 7) is -3.07. The molecule has 11 heteroatoms. The van der Waals surface area contributed by atoms with Gasteiger partial charge in [0.15, 0.2) is 5.75 Å². The van der Waals surface area contributed by atoms with Crippen LogP contribution in [0.4, 0.5) is 14.5 Å². The average molecular weight is 375 g/mol. The first-order valence-electron chi connectivity index (χ1n) is 5.11. The predicted octanol–water partition coefficient (Wildman–Crippen LogP) is 4.35. The van der Waals surface area contributed by atoms with E-state index in [1.165, 1.54) is 12.1 Å². The number of aromatic nitrogens is 2. The Morgan fingerprint density at radius 2 is 1.86 bits per heavy atom. The van der Waals surface area contributed by atoms with Crippen molar-refractivity contribution < 1.29 is 18.3 Å². The van der Waals surface area contributed by atoms with Crippen LogP contribution in [0.15, 0.2) is 12.1 Å². The third-order valence-corrected chi connectivity index (χ3v) is 3.64. The lowest BCUT2D eigenvalue weighted by atomic mass is 10.3. The third kappa shape index (κ3) is 4.13. The molecule has 0 atom stereocenters. The molecular formula is C10H4Cl3F2N3O2S. The molecule has 0 bridgehead atoms. The van der Waals surface area contributed by atoms with Crippen LogP contribution in [0.5, 0.6) is 5.75 Å². The largest absolute Gasteiger partial charge is 0.432 e. The molecule has 1 heterocycles. The first kappa shape index (κ1) is 16.2. The van der Waals surface area contributed by atoms with Gasteiger partial charge in [-0.1, -0.05) is 34.5 Å². The van der Waals surface area contributed by atoms with Crippen molar-refractivity contribution >= 4 is 57.7 Å². The molecule has 2 aromatic rings. The molecular weight excluding hydrogens is 371 g/mol. The minimum absolute atomic E-state index is 0.0279. The molecule has 5 nitrogen and oxygen atoms in total.